The molecule has 19 heavy (non-hydrogen) atoms. The van der Waals surface area contributed by atoms with Gasteiger partial charge in [-0.1, -0.05) is 12.1 Å². The van der Waals surface area contributed by atoms with E-state index in [-0.39, 0.29) is 17.7 Å². The predicted octanol–water partition coefficient (Wildman–Crippen LogP) is 3.21. The zero-order valence-electron chi connectivity index (χ0n) is 10.2. The standard InChI is InChI=1S/C13H13F3O3/c1-2-19-8-10(12(17)18)6-9-4-3-5-11(7-9)13(14,15)16/h3-7H,2,8H2,1H3,(H,17,18)/b10-6+. The topological polar surface area (TPSA) is 46.5 Å². The average molecular weight is 274 g/mol. The molecule has 0 radical (unpaired) electrons. The Morgan fingerprint density at radius 1 is 1.42 bits per heavy atom. The molecule has 0 aliphatic carbocycles. The summed E-state index contributed by atoms with van der Waals surface area (Å²) in [7, 11) is 0. The maximum atomic E-state index is 12.5. The fourth-order valence-corrected chi connectivity index (χ4v) is 1.38. The molecule has 0 spiro atoms. The molecule has 0 aliphatic rings. The minimum atomic E-state index is -4.45. The highest BCUT2D eigenvalue weighted by Crippen LogP contribution is 2.29. The van der Waals surface area contributed by atoms with Gasteiger partial charge in [0.1, 0.15) is 0 Å². The van der Waals surface area contributed by atoms with Crippen LogP contribution in [0.4, 0.5) is 13.2 Å². The third-order valence-corrected chi connectivity index (χ3v) is 2.29. The summed E-state index contributed by atoms with van der Waals surface area (Å²) in [4.78, 5) is 10.9. The molecule has 0 unspecified atom stereocenters. The van der Waals surface area contributed by atoms with E-state index in [9.17, 15) is 18.0 Å². The summed E-state index contributed by atoms with van der Waals surface area (Å²) in [6, 6.07) is 4.47. The second-order valence-corrected chi connectivity index (χ2v) is 3.74. The number of halogens is 3. The van der Waals surface area contributed by atoms with Gasteiger partial charge in [-0.3, -0.25) is 0 Å². The van der Waals surface area contributed by atoms with E-state index in [1.807, 2.05) is 0 Å². The first kappa shape index (κ1) is 15.2. The number of hydrogen-bond acceptors (Lipinski definition) is 2. The molecule has 0 aromatic heterocycles. The SMILES string of the molecule is CCOC/C(=C\c1cccc(C(F)(F)F)c1)C(=O)O. The quantitative estimate of drug-likeness (QED) is 0.839. The number of carboxylic acid groups (broad SMARTS) is 1. The van der Waals surface area contributed by atoms with E-state index in [2.05, 4.69) is 0 Å². The van der Waals surface area contributed by atoms with Gasteiger partial charge in [0.15, 0.2) is 0 Å². The van der Waals surface area contributed by atoms with Gasteiger partial charge in [0, 0.05) is 6.61 Å². The van der Waals surface area contributed by atoms with Gasteiger partial charge in [0.2, 0.25) is 0 Å². The maximum Gasteiger partial charge on any atom is 0.416 e. The summed E-state index contributed by atoms with van der Waals surface area (Å²) >= 11 is 0. The Balaban J connectivity index is 3.04. The fourth-order valence-electron chi connectivity index (χ4n) is 1.38. The second kappa shape index (κ2) is 6.38. The molecular weight excluding hydrogens is 261 g/mol. The van der Waals surface area contributed by atoms with Crippen molar-refractivity contribution >= 4 is 12.0 Å². The van der Waals surface area contributed by atoms with Crippen molar-refractivity contribution in [3.05, 3.63) is 41.0 Å². The molecule has 1 rings (SSSR count). The van der Waals surface area contributed by atoms with Crippen LogP contribution in [0.15, 0.2) is 29.8 Å². The van der Waals surface area contributed by atoms with Crippen molar-refractivity contribution in [3.63, 3.8) is 0 Å². The van der Waals surface area contributed by atoms with Gasteiger partial charge in [-0.2, -0.15) is 13.2 Å². The van der Waals surface area contributed by atoms with Gasteiger partial charge >= 0.3 is 12.1 Å². The summed E-state index contributed by atoms with van der Waals surface area (Å²) in [5, 5.41) is 8.92. The third-order valence-electron chi connectivity index (χ3n) is 2.29. The number of benzene rings is 1. The normalized spacial score (nSPS) is 12.5. The Morgan fingerprint density at radius 2 is 2.11 bits per heavy atom. The number of hydrogen-bond donors (Lipinski definition) is 1. The molecule has 0 atom stereocenters. The van der Waals surface area contributed by atoms with Crippen LogP contribution < -0.4 is 0 Å². The first-order chi connectivity index (χ1) is 8.84. The van der Waals surface area contributed by atoms with Gasteiger partial charge < -0.3 is 9.84 Å². The van der Waals surface area contributed by atoms with Crippen molar-refractivity contribution in [1.29, 1.82) is 0 Å². The van der Waals surface area contributed by atoms with Crippen molar-refractivity contribution in [1.82, 2.24) is 0 Å². The fraction of sp³-hybridized carbons (Fsp3) is 0.308. The molecule has 0 saturated heterocycles. The van der Waals surface area contributed by atoms with Crippen LogP contribution in [0.5, 0.6) is 0 Å². The van der Waals surface area contributed by atoms with Gasteiger partial charge in [-0.15, -0.1) is 0 Å². The lowest BCUT2D eigenvalue weighted by molar-refractivity contribution is -0.137. The summed E-state index contributed by atoms with van der Waals surface area (Å²) in [5.41, 5.74) is -0.740. The molecule has 1 aromatic carbocycles. The van der Waals surface area contributed by atoms with E-state index in [0.29, 0.717) is 6.61 Å². The number of aliphatic carboxylic acids is 1. The molecule has 6 heteroatoms. The van der Waals surface area contributed by atoms with Gasteiger partial charge in [0.25, 0.3) is 0 Å². The first-order valence-electron chi connectivity index (χ1n) is 5.53. The third kappa shape index (κ3) is 4.75. The molecule has 0 amide bonds. The van der Waals surface area contributed by atoms with E-state index >= 15 is 0 Å². The number of alkyl halides is 3. The largest absolute Gasteiger partial charge is 0.478 e. The summed E-state index contributed by atoms with van der Waals surface area (Å²) in [5.74, 6) is -1.22. The van der Waals surface area contributed by atoms with E-state index in [1.54, 1.807) is 6.92 Å². The van der Waals surface area contributed by atoms with Crippen molar-refractivity contribution < 1.29 is 27.8 Å². The van der Waals surface area contributed by atoms with E-state index in [1.165, 1.54) is 18.2 Å². The highest BCUT2D eigenvalue weighted by molar-refractivity contribution is 5.92. The minimum absolute atomic E-state index is 0.0961. The van der Waals surface area contributed by atoms with Crippen molar-refractivity contribution in [3.8, 4) is 0 Å². The number of carbonyl (C=O) groups is 1. The van der Waals surface area contributed by atoms with Crippen LogP contribution >= 0.6 is 0 Å². The Bertz CT molecular complexity index is 478. The molecule has 0 bridgehead atoms. The second-order valence-electron chi connectivity index (χ2n) is 3.74. The Hall–Kier alpha value is -1.82. The monoisotopic (exact) mass is 274 g/mol. The van der Waals surface area contributed by atoms with E-state index < -0.39 is 17.7 Å². The average Bonchev–Trinajstić information content (AvgIpc) is 2.33. The zero-order valence-corrected chi connectivity index (χ0v) is 10.2. The molecule has 1 aromatic rings. The Morgan fingerprint density at radius 3 is 2.63 bits per heavy atom. The molecule has 1 N–H and O–H groups in total. The zero-order chi connectivity index (χ0) is 14.5. The van der Waals surface area contributed by atoms with Crippen LogP contribution in [0, 0.1) is 0 Å². The van der Waals surface area contributed by atoms with Crippen molar-refractivity contribution in [2.45, 2.75) is 13.1 Å². The molecule has 0 heterocycles. The summed E-state index contributed by atoms with van der Waals surface area (Å²) < 4.78 is 42.5. The molecule has 104 valence electrons. The Kier molecular flexibility index (Phi) is 5.11. The van der Waals surface area contributed by atoms with E-state index in [0.717, 1.165) is 12.1 Å². The number of ether oxygens (including phenoxy) is 1. The first-order valence-corrected chi connectivity index (χ1v) is 5.53. The highest BCUT2D eigenvalue weighted by atomic mass is 19.4. The van der Waals surface area contributed by atoms with Crippen LogP contribution in [0.3, 0.4) is 0 Å². The van der Waals surface area contributed by atoms with Crippen LogP contribution in [0.2, 0.25) is 0 Å². The van der Waals surface area contributed by atoms with Gasteiger partial charge in [0.05, 0.1) is 17.7 Å². The maximum absolute atomic E-state index is 12.5. The molecule has 0 fully saturated rings. The molecule has 0 saturated carbocycles. The van der Waals surface area contributed by atoms with Crippen LogP contribution in [0.25, 0.3) is 6.08 Å². The number of carboxylic acids is 1. The number of rotatable bonds is 5. The van der Waals surface area contributed by atoms with Crippen LogP contribution in [0.1, 0.15) is 18.1 Å². The molecule has 3 nitrogen and oxygen atoms in total. The van der Waals surface area contributed by atoms with Gasteiger partial charge in [-0.25, -0.2) is 4.79 Å². The Labute approximate surface area is 108 Å². The van der Waals surface area contributed by atoms with Gasteiger partial charge in [-0.05, 0) is 30.7 Å². The lowest BCUT2D eigenvalue weighted by atomic mass is 10.1. The van der Waals surface area contributed by atoms with Crippen LogP contribution in [-0.2, 0) is 15.7 Å². The van der Waals surface area contributed by atoms with E-state index in [4.69, 9.17) is 9.84 Å². The van der Waals surface area contributed by atoms with Crippen molar-refractivity contribution in [2.75, 3.05) is 13.2 Å². The van der Waals surface area contributed by atoms with Crippen molar-refractivity contribution in [2.24, 2.45) is 0 Å². The highest BCUT2D eigenvalue weighted by Gasteiger charge is 2.30. The molecule has 0 aliphatic heterocycles. The van der Waals surface area contributed by atoms with Crippen LogP contribution in [-0.4, -0.2) is 24.3 Å². The summed E-state index contributed by atoms with van der Waals surface area (Å²) in [6.45, 7) is 1.87. The molecular formula is C13H13F3O3. The lowest BCUT2D eigenvalue weighted by Crippen LogP contribution is -2.08. The minimum Gasteiger partial charge on any atom is -0.478 e. The predicted molar refractivity (Wildman–Crippen MR) is 63.5 cm³/mol. The smallest absolute Gasteiger partial charge is 0.416 e. The lowest BCUT2D eigenvalue weighted by Gasteiger charge is -2.07. The summed E-state index contributed by atoms with van der Waals surface area (Å²) in [6.07, 6.45) is -3.28.